The largest absolute Gasteiger partial charge is 0.493 e. The summed E-state index contributed by atoms with van der Waals surface area (Å²) < 4.78 is 16.1. The summed E-state index contributed by atoms with van der Waals surface area (Å²) in [5.41, 5.74) is 9.80. The Morgan fingerprint density at radius 2 is 1.42 bits per heavy atom. The summed E-state index contributed by atoms with van der Waals surface area (Å²) in [6, 6.07) is 9.78. The average molecular weight is 328 g/mol. The van der Waals surface area contributed by atoms with Crippen LogP contribution in [0.25, 0.3) is 12.2 Å². The molecule has 0 spiro atoms. The monoisotopic (exact) mass is 328 g/mol. The van der Waals surface area contributed by atoms with Crippen molar-refractivity contribution in [2.45, 2.75) is 0 Å². The first-order valence-corrected chi connectivity index (χ1v) is 7.55. The number of nitrogens with two attached hydrogens (primary N) is 1. The molecule has 5 heteroatoms. The molecule has 0 radical (unpaired) electrons. The smallest absolute Gasteiger partial charge is 0.203 e. The number of nitrogen functional groups attached to an aromatic ring is 1. The van der Waals surface area contributed by atoms with Gasteiger partial charge in [-0.2, -0.15) is 0 Å². The van der Waals surface area contributed by atoms with Crippen LogP contribution in [-0.2, 0) is 0 Å². The molecular weight excluding hydrogens is 304 g/mol. The van der Waals surface area contributed by atoms with Crippen LogP contribution in [0.4, 0.5) is 11.4 Å². The molecule has 0 bridgehead atoms. The first-order chi connectivity index (χ1) is 11.5. The Morgan fingerprint density at radius 1 is 0.833 bits per heavy atom. The van der Waals surface area contributed by atoms with E-state index in [0.29, 0.717) is 17.2 Å². The summed E-state index contributed by atoms with van der Waals surface area (Å²) in [4.78, 5) is 1.99. The van der Waals surface area contributed by atoms with Crippen molar-refractivity contribution in [1.82, 2.24) is 0 Å². The minimum Gasteiger partial charge on any atom is -0.493 e. The van der Waals surface area contributed by atoms with Gasteiger partial charge in [0.15, 0.2) is 11.5 Å². The topological polar surface area (TPSA) is 57.0 Å². The van der Waals surface area contributed by atoms with Crippen molar-refractivity contribution >= 4 is 23.5 Å². The molecule has 0 aliphatic carbocycles. The third-order valence-corrected chi connectivity index (χ3v) is 3.69. The summed E-state index contributed by atoms with van der Waals surface area (Å²) in [7, 11) is 8.73. The van der Waals surface area contributed by atoms with E-state index in [4.69, 9.17) is 19.9 Å². The number of anilines is 2. The summed E-state index contributed by atoms with van der Waals surface area (Å²) >= 11 is 0. The molecule has 0 amide bonds. The lowest BCUT2D eigenvalue weighted by Gasteiger charge is -2.15. The van der Waals surface area contributed by atoms with E-state index in [1.165, 1.54) is 0 Å². The molecule has 2 N–H and O–H groups in total. The van der Waals surface area contributed by atoms with Gasteiger partial charge in [0.05, 0.1) is 32.7 Å². The van der Waals surface area contributed by atoms with Crippen molar-refractivity contribution in [1.29, 1.82) is 0 Å². The normalized spacial score (nSPS) is 10.7. The Morgan fingerprint density at radius 3 is 1.88 bits per heavy atom. The second-order valence-electron chi connectivity index (χ2n) is 5.50. The minimum atomic E-state index is 0.580. The fourth-order valence-electron chi connectivity index (χ4n) is 2.47. The van der Waals surface area contributed by atoms with Gasteiger partial charge in [0.1, 0.15) is 0 Å². The second-order valence-corrected chi connectivity index (χ2v) is 5.50. The second kappa shape index (κ2) is 7.64. The van der Waals surface area contributed by atoms with E-state index >= 15 is 0 Å². The standard InChI is InChI=1S/C19H24N2O3/c1-21(2)16-9-8-13(10-15(16)20)6-7-14-11-17(22-3)19(24-5)18(12-14)23-4/h6-12H,20H2,1-5H3/b7-6-. The highest BCUT2D eigenvalue weighted by molar-refractivity contribution is 5.77. The van der Waals surface area contributed by atoms with Gasteiger partial charge in [-0.3, -0.25) is 0 Å². The Kier molecular flexibility index (Phi) is 5.58. The SMILES string of the molecule is COc1cc(/C=C\c2ccc(N(C)C)c(N)c2)cc(OC)c1OC. The maximum atomic E-state index is 6.09. The van der Waals surface area contributed by atoms with Gasteiger partial charge < -0.3 is 24.8 Å². The molecule has 0 unspecified atom stereocenters. The Hall–Kier alpha value is -2.82. The van der Waals surface area contributed by atoms with E-state index in [9.17, 15) is 0 Å². The highest BCUT2D eigenvalue weighted by atomic mass is 16.5. The summed E-state index contributed by atoms with van der Waals surface area (Å²) in [5, 5.41) is 0. The van der Waals surface area contributed by atoms with E-state index in [2.05, 4.69) is 0 Å². The highest BCUT2D eigenvalue weighted by Gasteiger charge is 2.12. The number of nitrogens with zero attached hydrogens (tertiary/aromatic N) is 1. The van der Waals surface area contributed by atoms with Crippen LogP contribution in [0.3, 0.4) is 0 Å². The molecule has 2 aromatic rings. The zero-order valence-corrected chi connectivity index (χ0v) is 14.8. The van der Waals surface area contributed by atoms with E-state index in [-0.39, 0.29) is 0 Å². The third kappa shape index (κ3) is 3.74. The van der Waals surface area contributed by atoms with Crippen LogP contribution in [-0.4, -0.2) is 35.4 Å². The van der Waals surface area contributed by atoms with Crippen LogP contribution >= 0.6 is 0 Å². The number of hydrogen-bond acceptors (Lipinski definition) is 5. The number of methoxy groups -OCH3 is 3. The number of benzene rings is 2. The lowest BCUT2D eigenvalue weighted by atomic mass is 10.1. The lowest BCUT2D eigenvalue weighted by Crippen LogP contribution is -2.10. The lowest BCUT2D eigenvalue weighted by molar-refractivity contribution is 0.324. The molecule has 2 rings (SSSR count). The molecule has 0 saturated carbocycles. The molecule has 128 valence electrons. The molecule has 0 aliphatic rings. The zero-order valence-electron chi connectivity index (χ0n) is 14.8. The van der Waals surface area contributed by atoms with Crippen LogP contribution in [0.2, 0.25) is 0 Å². The third-order valence-electron chi connectivity index (χ3n) is 3.69. The molecule has 2 aromatic carbocycles. The van der Waals surface area contributed by atoms with E-state index < -0.39 is 0 Å². The van der Waals surface area contributed by atoms with Crippen LogP contribution in [0.1, 0.15) is 11.1 Å². The molecule has 0 saturated heterocycles. The molecular formula is C19H24N2O3. The molecule has 5 nitrogen and oxygen atoms in total. The van der Waals surface area contributed by atoms with Crippen LogP contribution in [0.15, 0.2) is 30.3 Å². The van der Waals surface area contributed by atoms with Gasteiger partial charge in [-0.05, 0) is 35.4 Å². The number of ether oxygens (including phenoxy) is 3. The van der Waals surface area contributed by atoms with Crippen molar-refractivity contribution in [3.05, 3.63) is 41.5 Å². The van der Waals surface area contributed by atoms with Crippen LogP contribution < -0.4 is 24.8 Å². The van der Waals surface area contributed by atoms with Crippen molar-refractivity contribution in [2.75, 3.05) is 46.1 Å². The van der Waals surface area contributed by atoms with E-state index in [1.54, 1.807) is 21.3 Å². The van der Waals surface area contributed by atoms with Crippen LogP contribution in [0.5, 0.6) is 17.2 Å². The van der Waals surface area contributed by atoms with Crippen molar-refractivity contribution in [2.24, 2.45) is 0 Å². The fraction of sp³-hybridized carbons (Fsp3) is 0.263. The Bertz CT molecular complexity index is 714. The summed E-state index contributed by atoms with van der Waals surface area (Å²) in [6.07, 6.45) is 3.98. The zero-order chi connectivity index (χ0) is 17.7. The van der Waals surface area contributed by atoms with Crippen molar-refractivity contribution in [3.63, 3.8) is 0 Å². The van der Waals surface area contributed by atoms with Crippen molar-refractivity contribution < 1.29 is 14.2 Å². The van der Waals surface area contributed by atoms with Gasteiger partial charge in [-0.1, -0.05) is 18.2 Å². The van der Waals surface area contributed by atoms with Crippen LogP contribution in [0, 0.1) is 0 Å². The quantitative estimate of drug-likeness (QED) is 0.649. The Labute approximate surface area is 143 Å². The maximum absolute atomic E-state index is 6.09. The van der Waals surface area contributed by atoms with Gasteiger partial charge in [0, 0.05) is 14.1 Å². The minimum absolute atomic E-state index is 0.580. The van der Waals surface area contributed by atoms with Gasteiger partial charge in [-0.15, -0.1) is 0 Å². The van der Waals surface area contributed by atoms with Gasteiger partial charge >= 0.3 is 0 Å². The summed E-state index contributed by atoms with van der Waals surface area (Å²) in [5.74, 6) is 1.83. The molecule has 0 aromatic heterocycles. The first kappa shape index (κ1) is 17.5. The molecule has 0 aliphatic heterocycles. The predicted octanol–water partition coefficient (Wildman–Crippen LogP) is 3.53. The van der Waals surface area contributed by atoms with E-state index in [1.807, 2.05) is 61.5 Å². The number of hydrogen-bond donors (Lipinski definition) is 1. The van der Waals surface area contributed by atoms with Crippen molar-refractivity contribution in [3.8, 4) is 17.2 Å². The van der Waals surface area contributed by atoms with Gasteiger partial charge in [0.25, 0.3) is 0 Å². The van der Waals surface area contributed by atoms with E-state index in [0.717, 1.165) is 22.5 Å². The molecule has 0 fully saturated rings. The predicted molar refractivity (Wildman–Crippen MR) is 100 cm³/mol. The number of rotatable bonds is 6. The summed E-state index contributed by atoms with van der Waals surface area (Å²) in [6.45, 7) is 0. The Balaban J connectivity index is 2.33. The molecule has 0 heterocycles. The van der Waals surface area contributed by atoms with Gasteiger partial charge in [0.2, 0.25) is 5.75 Å². The molecule has 24 heavy (non-hydrogen) atoms. The highest BCUT2D eigenvalue weighted by Crippen LogP contribution is 2.38. The molecule has 0 atom stereocenters. The average Bonchev–Trinajstić information content (AvgIpc) is 2.58. The van der Waals surface area contributed by atoms with Gasteiger partial charge in [-0.25, -0.2) is 0 Å². The first-order valence-electron chi connectivity index (χ1n) is 7.55. The maximum Gasteiger partial charge on any atom is 0.203 e. The fourth-order valence-corrected chi connectivity index (χ4v) is 2.47.